The van der Waals surface area contributed by atoms with E-state index >= 15 is 0 Å². The summed E-state index contributed by atoms with van der Waals surface area (Å²) in [6, 6.07) is 2.97. The monoisotopic (exact) mass is 354 g/mol. The number of phenolic OH excluding ortho intramolecular Hbond substituents is 1. The molecule has 0 aliphatic heterocycles. The molecule has 88 valence electrons. The summed E-state index contributed by atoms with van der Waals surface area (Å²) < 4.78 is 18.0. The van der Waals surface area contributed by atoms with Gasteiger partial charge in [0.05, 0.1) is 16.1 Å². The Kier molecular flexibility index (Phi) is 4.73. The van der Waals surface area contributed by atoms with Crippen LogP contribution >= 0.6 is 31.9 Å². The van der Waals surface area contributed by atoms with Gasteiger partial charge in [-0.15, -0.1) is 0 Å². The molecular weight excluding hydrogens is 347 g/mol. The van der Waals surface area contributed by atoms with Crippen LogP contribution in [-0.2, 0) is 9.53 Å². The van der Waals surface area contributed by atoms with Crippen LogP contribution in [0.5, 0.6) is 5.75 Å². The minimum absolute atomic E-state index is 0.00576. The standard InChI is InChI=1S/C10H9Br2FO3/c1-16-10(15)6(4-13)5-2-7(11)9(14)8(12)3-5/h2-3,6,14H,4H2,1H3/t6-/m1/s1. The molecule has 0 amide bonds. The predicted octanol–water partition coefficient (Wildman–Crippen LogP) is 3.14. The molecule has 1 atom stereocenters. The Bertz CT molecular complexity index is 386. The van der Waals surface area contributed by atoms with Gasteiger partial charge in [-0.2, -0.15) is 0 Å². The van der Waals surface area contributed by atoms with E-state index in [-0.39, 0.29) is 5.75 Å². The van der Waals surface area contributed by atoms with Gasteiger partial charge in [-0.25, -0.2) is 4.39 Å². The maximum absolute atomic E-state index is 12.8. The zero-order valence-electron chi connectivity index (χ0n) is 8.34. The molecule has 0 bridgehead atoms. The summed E-state index contributed by atoms with van der Waals surface area (Å²) in [5, 5.41) is 9.48. The first-order chi connectivity index (χ1) is 7.51. The summed E-state index contributed by atoms with van der Waals surface area (Å²) in [4.78, 5) is 11.3. The lowest BCUT2D eigenvalue weighted by molar-refractivity contribution is -0.142. The van der Waals surface area contributed by atoms with Crippen LogP contribution in [0, 0.1) is 0 Å². The first-order valence-corrected chi connectivity index (χ1v) is 5.91. The lowest BCUT2D eigenvalue weighted by Gasteiger charge is -2.12. The van der Waals surface area contributed by atoms with E-state index < -0.39 is 18.6 Å². The first kappa shape index (κ1) is 13.4. The van der Waals surface area contributed by atoms with Crippen LogP contribution in [0.1, 0.15) is 11.5 Å². The van der Waals surface area contributed by atoms with Crippen LogP contribution in [0.25, 0.3) is 0 Å². The van der Waals surface area contributed by atoms with Crippen LogP contribution in [0.2, 0.25) is 0 Å². The van der Waals surface area contributed by atoms with Crippen molar-refractivity contribution in [2.45, 2.75) is 5.92 Å². The topological polar surface area (TPSA) is 46.5 Å². The lowest BCUT2D eigenvalue weighted by atomic mass is 10.0. The number of benzene rings is 1. The van der Waals surface area contributed by atoms with Gasteiger partial charge in [0.25, 0.3) is 0 Å². The van der Waals surface area contributed by atoms with Crippen molar-refractivity contribution in [3.8, 4) is 5.75 Å². The van der Waals surface area contributed by atoms with E-state index in [1.165, 1.54) is 19.2 Å². The highest BCUT2D eigenvalue weighted by Crippen LogP contribution is 2.35. The number of methoxy groups -OCH3 is 1. The second-order valence-corrected chi connectivity index (χ2v) is 4.77. The molecule has 0 aromatic heterocycles. The van der Waals surface area contributed by atoms with Crippen molar-refractivity contribution >= 4 is 37.8 Å². The molecule has 3 nitrogen and oxygen atoms in total. The second-order valence-electron chi connectivity index (χ2n) is 3.06. The van der Waals surface area contributed by atoms with E-state index in [1.807, 2.05) is 0 Å². The Morgan fingerprint density at radius 1 is 1.50 bits per heavy atom. The number of carbonyl (C=O) groups is 1. The fraction of sp³-hybridized carbons (Fsp3) is 0.300. The third-order valence-electron chi connectivity index (χ3n) is 2.08. The highest BCUT2D eigenvalue weighted by Gasteiger charge is 2.23. The molecule has 0 fully saturated rings. The number of esters is 1. The average molecular weight is 356 g/mol. The lowest BCUT2D eigenvalue weighted by Crippen LogP contribution is -2.16. The number of phenols is 1. The van der Waals surface area contributed by atoms with Gasteiger partial charge in [-0.3, -0.25) is 4.79 Å². The van der Waals surface area contributed by atoms with Gasteiger partial charge < -0.3 is 9.84 Å². The molecule has 16 heavy (non-hydrogen) atoms. The smallest absolute Gasteiger partial charge is 0.315 e. The van der Waals surface area contributed by atoms with Crippen molar-refractivity contribution in [1.82, 2.24) is 0 Å². The fourth-order valence-corrected chi connectivity index (χ4v) is 2.44. The molecule has 0 unspecified atom stereocenters. The molecule has 0 aliphatic rings. The highest BCUT2D eigenvalue weighted by molar-refractivity contribution is 9.11. The van der Waals surface area contributed by atoms with Crippen molar-refractivity contribution in [3.63, 3.8) is 0 Å². The molecule has 1 aromatic rings. The SMILES string of the molecule is COC(=O)[C@H](CF)c1cc(Br)c(O)c(Br)c1. The van der Waals surface area contributed by atoms with Gasteiger partial charge in [0.2, 0.25) is 0 Å². The molecule has 1 rings (SSSR count). The summed E-state index contributed by atoms with van der Waals surface area (Å²) >= 11 is 6.22. The van der Waals surface area contributed by atoms with Crippen molar-refractivity contribution in [1.29, 1.82) is 0 Å². The van der Waals surface area contributed by atoms with Gasteiger partial charge in [0.15, 0.2) is 0 Å². The highest BCUT2D eigenvalue weighted by atomic mass is 79.9. The van der Waals surface area contributed by atoms with Gasteiger partial charge in [0, 0.05) is 0 Å². The number of carbonyl (C=O) groups excluding carboxylic acids is 1. The molecule has 0 spiro atoms. The molecule has 0 radical (unpaired) electrons. The molecule has 0 aliphatic carbocycles. The van der Waals surface area contributed by atoms with Crippen molar-refractivity contribution in [3.05, 3.63) is 26.6 Å². The third-order valence-corrected chi connectivity index (χ3v) is 3.29. The fourth-order valence-electron chi connectivity index (χ4n) is 1.22. The summed E-state index contributed by atoms with van der Waals surface area (Å²) in [7, 11) is 1.20. The number of alkyl halides is 1. The van der Waals surface area contributed by atoms with E-state index in [1.54, 1.807) is 0 Å². The van der Waals surface area contributed by atoms with Crippen molar-refractivity contribution < 1.29 is 19.0 Å². The Hall–Kier alpha value is -0.620. The number of hydrogen-bond donors (Lipinski definition) is 1. The van der Waals surface area contributed by atoms with Gasteiger partial charge in [0.1, 0.15) is 18.3 Å². The molecule has 0 heterocycles. The molecular formula is C10H9Br2FO3. The number of halogens is 3. The number of hydrogen-bond acceptors (Lipinski definition) is 3. The van der Waals surface area contributed by atoms with E-state index in [0.29, 0.717) is 14.5 Å². The van der Waals surface area contributed by atoms with Gasteiger partial charge in [-0.1, -0.05) is 0 Å². The minimum Gasteiger partial charge on any atom is -0.506 e. The Labute approximate surface area is 109 Å². The Morgan fingerprint density at radius 2 is 2.00 bits per heavy atom. The predicted molar refractivity (Wildman–Crippen MR) is 64.2 cm³/mol. The summed E-state index contributed by atoms with van der Waals surface area (Å²) in [6.07, 6.45) is 0. The quantitative estimate of drug-likeness (QED) is 0.847. The van der Waals surface area contributed by atoms with Crippen LogP contribution in [0.4, 0.5) is 4.39 Å². The van der Waals surface area contributed by atoms with E-state index in [2.05, 4.69) is 36.6 Å². The minimum atomic E-state index is -0.974. The maximum atomic E-state index is 12.8. The normalized spacial score (nSPS) is 12.2. The molecule has 0 saturated heterocycles. The van der Waals surface area contributed by atoms with E-state index in [0.717, 1.165) is 0 Å². The average Bonchev–Trinajstić information content (AvgIpc) is 2.26. The van der Waals surface area contributed by atoms with Crippen LogP contribution in [-0.4, -0.2) is 24.9 Å². The van der Waals surface area contributed by atoms with E-state index in [4.69, 9.17) is 0 Å². The molecule has 1 aromatic carbocycles. The maximum Gasteiger partial charge on any atom is 0.315 e. The number of ether oxygens (including phenoxy) is 1. The van der Waals surface area contributed by atoms with Crippen molar-refractivity contribution in [2.75, 3.05) is 13.8 Å². The van der Waals surface area contributed by atoms with Crippen LogP contribution in [0.15, 0.2) is 21.1 Å². The Morgan fingerprint density at radius 3 is 2.38 bits per heavy atom. The van der Waals surface area contributed by atoms with Crippen molar-refractivity contribution in [2.24, 2.45) is 0 Å². The summed E-state index contributed by atoms with van der Waals surface area (Å²) in [5.74, 6) is -1.61. The van der Waals surface area contributed by atoms with E-state index in [9.17, 15) is 14.3 Å². The third kappa shape index (κ3) is 2.74. The number of rotatable bonds is 3. The van der Waals surface area contributed by atoms with Gasteiger partial charge in [-0.05, 0) is 49.6 Å². The number of aromatic hydroxyl groups is 1. The van der Waals surface area contributed by atoms with Gasteiger partial charge >= 0.3 is 5.97 Å². The second kappa shape index (κ2) is 5.63. The van der Waals surface area contributed by atoms with Crippen LogP contribution in [0.3, 0.4) is 0 Å². The zero-order chi connectivity index (χ0) is 12.3. The summed E-state index contributed by atoms with van der Waals surface area (Å²) in [6.45, 7) is -0.851. The molecule has 6 heteroatoms. The summed E-state index contributed by atoms with van der Waals surface area (Å²) in [5.41, 5.74) is 0.436. The zero-order valence-corrected chi connectivity index (χ0v) is 11.5. The van der Waals surface area contributed by atoms with Crippen LogP contribution < -0.4 is 0 Å². The largest absolute Gasteiger partial charge is 0.506 e. The Balaban J connectivity index is 3.16. The first-order valence-electron chi connectivity index (χ1n) is 4.33. The molecule has 0 saturated carbocycles. The molecule has 1 N–H and O–H groups in total.